The maximum Gasteiger partial charge on any atom is 0.191 e. The highest BCUT2D eigenvalue weighted by Gasteiger charge is 2.14. The fraction of sp³-hybridized carbons (Fsp3) is 0.929. The van der Waals surface area contributed by atoms with Crippen molar-refractivity contribution in [1.29, 1.82) is 0 Å². The van der Waals surface area contributed by atoms with Crippen molar-refractivity contribution < 1.29 is 9.47 Å². The molecule has 0 aromatic carbocycles. The highest BCUT2D eigenvalue weighted by Crippen LogP contribution is 2.10. The summed E-state index contributed by atoms with van der Waals surface area (Å²) in [6.45, 7) is 9.70. The molecule has 20 heavy (non-hydrogen) atoms. The first-order valence-corrected chi connectivity index (χ1v) is 7.19. The van der Waals surface area contributed by atoms with Crippen LogP contribution in [0.1, 0.15) is 40.0 Å². The third kappa shape index (κ3) is 9.77. The molecule has 0 saturated carbocycles. The smallest absolute Gasteiger partial charge is 0.191 e. The lowest BCUT2D eigenvalue weighted by Crippen LogP contribution is -2.47. The Morgan fingerprint density at radius 1 is 1.30 bits per heavy atom. The molecular weight excluding hydrogens is 369 g/mol. The minimum atomic E-state index is 0. The summed E-state index contributed by atoms with van der Waals surface area (Å²) in [4.78, 5) is 4.20. The van der Waals surface area contributed by atoms with E-state index in [1.807, 2.05) is 0 Å². The van der Waals surface area contributed by atoms with Crippen LogP contribution in [0.4, 0.5) is 0 Å². The van der Waals surface area contributed by atoms with Gasteiger partial charge in [-0.25, -0.2) is 0 Å². The van der Waals surface area contributed by atoms with E-state index in [1.165, 1.54) is 0 Å². The van der Waals surface area contributed by atoms with E-state index >= 15 is 0 Å². The summed E-state index contributed by atoms with van der Waals surface area (Å²) in [5.41, 5.74) is 0.0282. The zero-order valence-electron chi connectivity index (χ0n) is 13.2. The average Bonchev–Trinajstić information content (AvgIpc) is 2.37. The third-order valence-electron chi connectivity index (χ3n) is 2.85. The van der Waals surface area contributed by atoms with E-state index in [-0.39, 0.29) is 29.5 Å². The van der Waals surface area contributed by atoms with E-state index in [0.29, 0.717) is 6.10 Å². The number of ether oxygens (including phenoxy) is 2. The topological polar surface area (TPSA) is 54.9 Å². The Kier molecular flexibility index (Phi) is 10.6. The molecule has 0 unspecified atom stereocenters. The summed E-state index contributed by atoms with van der Waals surface area (Å²) >= 11 is 0. The Morgan fingerprint density at radius 3 is 2.50 bits per heavy atom. The van der Waals surface area contributed by atoms with Gasteiger partial charge in [0.25, 0.3) is 0 Å². The molecular formula is C14H30IN3O2. The number of nitrogens with one attached hydrogen (secondary N) is 2. The second kappa shape index (κ2) is 10.6. The maximum atomic E-state index is 5.82. The number of aliphatic imine (C=N–C) groups is 1. The molecule has 1 heterocycles. The molecule has 5 nitrogen and oxygen atoms in total. The van der Waals surface area contributed by atoms with Crippen molar-refractivity contribution >= 4 is 29.9 Å². The molecule has 1 rings (SSSR count). The first-order chi connectivity index (χ1) is 9.01. The molecule has 6 heteroatoms. The highest BCUT2D eigenvalue weighted by molar-refractivity contribution is 14.0. The molecule has 0 aromatic rings. The van der Waals surface area contributed by atoms with Gasteiger partial charge in [0.2, 0.25) is 0 Å². The van der Waals surface area contributed by atoms with Gasteiger partial charge in [0.15, 0.2) is 5.96 Å². The lowest BCUT2D eigenvalue weighted by atomic mass is 10.1. The van der Waals surface area contributed by atoms with Crippen molar-refractivity contribution in [1.82, 2.24) is 10.6 Å². The number of nitrogens with zero attached hydrogens (tertiary/aromatic N) is 1. The summed E-state index contributed by atoms with van der Waals surface area (Å²) in [6.07, 6.45) is 3.43. The summed E-state index contributed by atoms with van der Waals surface area (Å²) in [7, 11) is 1.79. The van der Waals surface area contributed by atoms with Crippen LogP contribution in [0.2, 0.25) is 0 Å². The molecule has 0 amide bonds. The van der Waals surface area contributed by atoms with Gasteiger partial charge in [-0.2, -0.15) is 0 Å². The SMILES string of the molecule is CN=C(NCCCOC1CCOCC1)NC(C)(C)C.I. The van der Waals surface area contributed by atoms with Gasteiger partial charge in [-0.1, -0.05) is 0 Å². The lowest BCUT2D eigenvalue weighted by molar-refractivity contribution is -0.0320. The zero-order valence-corrected chi connectivity index (χ0v) is 15.5. The fourth-order valence-electron chi connectivity index (χ4n) is 1.91. The van der Waals surface area contributed by atoms with Gasteiger partial charge in [-0.3, -0.25) is 4.99 Å². The van der Waals surface area contributed by atoms with Crippen molar-refractivity contribution in [3.05, 3.63) is 0 Å². The largest absolute Gasteiger partial charge is 0.381 e. The van der Waals surface area contributed by atoms with Crippen molar-refractivity contribution in [2.24, 2.45) is 4.99 Å². The summed E-state index contributed by atoms with van der Waals surface area (Å²) in [6, 6.07) is 0. The van der Waals surface area contributed by atoms with E-state index in [9.17, 15) is 0 Å². The van der Waals surface area contributed by atoms with Crippen LogP contribution in [0, 0.1) is 0 Å². The van der Waals surface area contributed by atoms with Gasteiger partial charge in [0.1, 0.15) is 0 Å². The quantitative estimate of drug-likeness (QED) is 0.322. The van der Waals surface area contributed by atoms with Crippen molar-refractivity contribution in [3.8, 4) is 0 Å². The van der Waals surface area contributed by atoms with Gasteiger partial charge in [-0.05, 0) is 40.0 Å². The first-order valence-electron chi connectivity index (χ1n) is 7.19. The van der Waals surface area contributed by atoms with Gasteiger partial charge >= 0.3 is 0 Å². The second-order valence-corrected chi connectivity index (χ2v) is 5.91. The van der Waals surface area contributed by atoms with Crippen LogP contribution in [-0.2, 0) is 9.47 Å². The molecule has 0 aromatic heterocycles. The van der Waals surface area contributed by atoms with Crippen LogP contribution in [0.3, 0.4) is 0 Å². The number of rotatable bonds is 5. The predicted molar refractivity (Wildman–Crippen MR) is 94.1 cm³/mol. The molecule has 1 aliphatic heterocycles. The normalized spacial score (nSPS) is 17.5. The molecule has 0 bridgehead atoms. The third-order valence-corrected chi connectivity index (χ3v) is 2.85. The van der Waals surface area contributed by atoms with E-state index < -0.39 is 0 Å². The van der Waals surface area contributed by atoms with E-state index in [2.05, 4.69) is 36.4 Å². The van der Waals surface area contributed by atoms with Gasteiger partial charge in [0.05, 0.1) is 6.10 Å². The molecule has 1 aliphatic rings. The van der Waals surface area contributed by atoms with Crippen LogP contribution >= 0.6 is 24.0 Å². The molecule has 0 radical (unpaired) electrons. The fourth-order valence-corrected chi connectivity index (χ4v) is 1.91. The highest BCUT2D eigenvalue weighted by atomic mass is 127. The van der Waals surface area contributed by atoms with Crippen LogP contribution < -0.4 is 10.6 Å². The number of hydrogen-bond donors (Lipinski definition) is 2. The molecule has 0 atom stereocenters. The molecule has 1 saturated heterocycles. The van der Waals surface area contributed by atoms with E-state index in [0.717, 1.165) is 51.6 Å². The van der Waals surface area contributed by atoms with Crippen LogP contribution in [-0.4, -0.2) is 51.0 Å². The van der Waals surface area contributed by atoms with Gasteiger partial charge in [-0.15, -0.1) is 24.0 Å². The van der Waals surface area contributed by atoms with E-state index in [1.54, 1.807) is 7.05 Å². The Hall–Kier alpha value is -0.0800. The Morgan fingerprint density at radius 2 is 1.95 bits per heavy atom. The van der Waals surface area contributed by atoms with Crippen molar-refractivity contribution in [2.75, 3.05) is 33.4 Å². The van der Waals surface area contributed by atoms with Gasteiger partial charge < -0.3 is 20.1 Å². The first kappa shape index (κ1) is 19.9. The summed E-state index contributed by atoms with van der Waals surface area (Å²) in [5, 5.41) is 6.63. The van der Waals surface area contributed by atoms with Gasteiger partial charge in [0, 0.05) is 39.0 Å². The summed E-state index contributed by atoms with van der Waals surface area (Å²) in [5.74, 6) is 0.846. The Balaban J connectivity index is 0.00000361. The minimum Gasteiger partial charge on any atom is -0.381 e. The second-order valence-electron chi connectivity index (χ2n) is 5.91. The molecule has 0 aliphatic carbocycles. The molecule has 2 N–H and O–H groups in total. The van der Waals surface area contributed by atoms with E-state index in [4.69, 9.17) is 9.47 Å². The Bertz CT molecular complexity index is 274. The number of halogens is 1. The van der Waals surface area contributed by atoms with Crippen LogP contribution in [0.5, 0.6) is 0 Å². The monoisotopic (exact) mass is 399 g/mol. The number of guanidine groups is 1. The zero-order chi connectivity index (χ0) is 14.1. The minimum absolute atomic E-state index is 0. The average molecular weight is 399 g/mol. The predicted octanol–water partition coefficient (Wildman–Crippen LogP) is 2.15. The standard InChI is InChI=1S/C14H29N3O2.HI/c1-14(2,3)17-13(15-4)16-8-5-9-19-12-6-10-18-11-7-12;/h12H,5-11H2,1-4H3,(H2,15,16,17);1H. The molecule has 1 fully saturated rings. The summed E-state index contributed by atoms with van der Waals surface area (Å²) < 4.78 is 11.1. The number of hydrogen-bond acceptors (Lipinski definition) is 3. The Labute approximate surface area is 140 Å². The van der Waals surface area contributed by atoms with Crippen LogP contribution in [0.15, 0.2) is 4.99 Å². The van der Waals surface area contributed by atoms with Crippen molar-refractivity contribution in [3.63, 3.8) is 0 Å². The van der Waals surface area contributed by atoms with Crippen LogP contribution in [0.25, 0.3) is 0 Å². The molecule has 0 spiro atoms. The lowest BCUT2D eigenvalue weighted by Gasteiger charge is -2.24. The maximum absolute atomic E-state index is 5.82. The van der Waals surface area contributed by atoms with Crippen molar-refractivity contribution in [2.45, 2.75) is 51.7 Å². The molecule has 120 valence electrons.